The van der Waals surface area contributed by atoms with E-state index in [1.165, 1.54) is 5.56 Å². The van der Waals surface area contributed by atoms with E-state index in [4.69, 9.17) is 0 Å². The third-order valence-corrected chi connectivity index (χ3v) is 1.99. The molecule has 1 aromatic carbocycles. The minimum Gasteiger partial charge on any atom is -0.317 e. The van der Waals surface area contributed by atoms with Crippen LogP contribution in [0.15, 0.2) is 30.6 Å². The first-order chi connectivity index (χ1) is 6.27. The fourth-order valence-electron chi connectivity index (χ4n) is 1.33. The molecule has 0 saturated carbocycles. The van der Waals surface area contributed by atoms with Gasteiger partial charge in [-0.05, 0) is 13.0 Å². The maximum absolute atomic E-state index is 4.04. The Morgan fingerprint density at radius 2 is 2.15 bits per heavy atom. The summed E-state index contributed by atoms with van der Waals surface area (Å²) in [5.41, 5.74) is 2.35. The molecule has 0 saturated heterocycles. The first kappa shape index (κ1) is 7.98. The zero-order valence-corrected chi connectivity index (χ0v) is 7.73. The highest BCUT2D eigenvalue weighted by atomic mass is 15.2. The second-order valence-electron chi connectivity index (χ2n) is 3.13. The zero-order valence-electron chi connectivity index (χ0n) is 7.73. The van der Waals surface area contributed by atoms with E-state index in [0.29, 0.717) is 0 Å². The summed E-state index contributed by atoms with van der Waals surface area (Å²) in [6.45, 7) is 2.07. The summed E-state index contributed by atoms with van der Waals surface area (Å²) < 4.78 is 1.91. The molecule has 1 heterocycles. The van der Waals surface area contributed by atoms with Crippen LogP contribution in [-0.2, 0) is 7.05 Å². The summed E-state index contributed by atoms with van der Waals surface area (Å²) >= 11 is 0. The van der Waals surface area contributed by atoms with Gasteiger partial charge in [-0.1, -0.05) is 23.8 Å². The number of hydrogen-bond acceptors (Lipinski definition) is 2. The second-order valence-corrected chi connectivity index (χ2v) is 3.13. The van der Waals surface area contributed by atoms with Crippen LogP contribution in [0.1, 0.15) is 5.56 Å². The van der Waals surface area contributed by atoms with Crippen LogP contribution in [0, 0.1) is 6.92 Å². The van der Waals surface area contributed by atoms with Crippen LogP contribution in [0.5, 0.6) is 0 Å². The van der Waals surface area contributed by atoms with E-state index < -0.39 is 0 Å². The maximum atomic E-state index is 4.04. The highest BCUT2D eigenvalue weighted by molar-refractivity contribution is 5.55. The average Bonchev–Trinajstić information content (AvgIpc) is 2.51. The highest BCUT2D eigenvalue weighted by Crippen LogP contribution is 2.16. The van der Waals surface area contributed by atoms with Crippen molar-refractivity contribution in [3.63, 3.8) is 0 Å². The van der Waals surface area contributed by atoms with Crippen LogP contribution in [-0.4, -0.2) is 14.8 Å². The summed E-state index contributed by atoms with van der Waals surface area (Å²) in [6.07, 6.45) is 1.71. The van der Waals surface area contributed by atoms with Gasteiger partial charge >= 0.3 is 0 Å². The lowest BCUT2D eigenvalue weighted by atomic mass is 10.1. The van der Waals surface area contributed by atoms with Gasteiger partial charge in [-0.3, -0.25) is 0 Å². The minimum absolute atomic E-state index is 0.906. The van der Waals surface area contributed by atoms with Gasteiger partial charge in [0.25, 0.3) is 0 Å². The SMILES string of the molecule is Cc1cccc(-c2nncn2C)c1. The van der Waals surface area contributed by atoms with Crippen molar-refractivity contribution in [1.82, 2.24) is 14.8 Å². The topological polar surface area (TPSA) is 30.7 Å². The number of hydrogen-bond donors (Lipinski definition) is 0. The standard InChI is InChI=1S/C10H11N3/c1-8-4-3-5-9(6-8)10-12-11-7-13(10)2/h3-7H,1-2H3. The third-order valence-electron chi connectivity index (χ3n) is 1.99. The lowest BCUT2D eigenvalue weighted by molar-refractivity contribution is 0.919. The van der Waals surface area contributed by atoms with Gasteiger partial charge in [-0.25, -0.2) is 0 Å². The van der Waals surface area contributed by atoms with Crippen molar-refractivity contribution in [2.45, 2.75) is 6.92 Å². The molecule has 0 spiro atoms. The second kappa shape index (κ2) is 3.01. The predicted octanol–water partition coefficient (Wildman–Crippen LogP) is 1.79. The van der Waals surface area contributed by atoms with Crippen LogP contribution in [0.25, 0.3) is 11.4 Å². The quantitative estimate of drug-likeness (QED) is 0.658. The summed E-state index contributed by atoms with van der Waals surface area (Å²) in [6, 6.07) is 8.24. The van der Waals surface area contributed by atoms with Gasteiger partial charge in [0.15, 0.2) is 5.82 Å². The first-order valence-electron chi connectivity index (χ1n) is 4.18. The van der Waals surface area contributed by atoms with E-state index in [2.05, 4.69) is 29.3 Å². The monoisotopic (exact) mass is 173 g/mol. The minimum atomic E-state index is 0.906. The Morgan fingerprint density at radius 3 is 2.77 bits per heavy atom. The molecule has 2 aromatic rings. The van der Waals surface area contributed by atoms with Crippen LogP contribution in [0.4, 0.5) is 0 Å². The Balaban J connectivity index is 2.53. The molecular formula is C10H11N3. The van der Waals surface area contributed by atoms with Gasteiger partial charge in [0.05, 0.1) is 0 Å². The van der Waals surface area contributed by atoms with E-state index in [1.807, 2.05) is 23.7 Å². The number of aryl methyl sites for hydroxylation is 2. The van der Waals surface area contributed by atoms with Gasteiger partial charge in [-0.2, -0.15) is 0 Å². The molecule has 0 aliphatic heterocycles. The smallest absolute Gasteiger partial charge is 0.163 e. The van der Waals surface area contributed by atoms with E-state index in [0.717, 1.165) is 11.4 Å². The Labute approximate surface area is 77.0 Å². The first-order valence-corrected chi connectivity index (χ1v) is 4.18. The molecule has 3 heteroatoms. The predicted molar refractivity (Wildman–Crippen MR) is 51.2 cm³/mol. The Hall–Kier alpha value is -1.64. The maximum Gasteiger partial charge on any atom is 0.163 e. The van der Waals surface area contributed by atoms with Crippen molar-refractivity contribution >= 4 is 0 Å². The van der Waals surface area contributed by atoms with Crippen LogP contribution in [0.3, 0.4) is 0 Å². The van der Waals surface area contributed by atoms with E-state index in [9.17, 15) is 0 Å². The van der Waals surface area contributed by atoms with Crippen molar-refractivity contribution in [3.8, 4) is 11.4 Å². The van der Waals surface area contributed by atoms with Gasteiger partial charge in [0.1, 0.15) is 6.33 Å². The molecule has 2 rings (SSSR count). The molecule has 0 bridgehead atoms. The van der Waals surface area contributed by atoms with Gasteiger partial charge < -0.3 is 4.57 Å². The Kier molecular flexibility index (Phi) is 1.85. The molecule has 0 amide bonds. The molecule has 0 atom stereocenters. The van der Waals surface area contributed by atoms with Crippen molar-refractivity contribution in [2.75, 3.05) is 0 Å². The molecular weight excluding hydrogens is 162 g/mol. The zero-order chi connectivity index (χ0) is 9.26. The largest absolute Gasteiger partial charge is 0.317 e. The van der Waals surface area contributed by atoms with Gasteiger partial charge in [0, 0.05) is 12.6 Å². The van der Waals surface area contributed by atoms with Crippen LogP contribution >= 0.6 is 0 Å². The fourth-order valence-corrected chi connectivity index (χ4v) is 1.33. The Bertz CT molecular complexity index is 418. The number of benzene rings is 1. The summed E-state index contributed by atoms with van der Waals surface area (Å²) in [7, 11) is 1.94. The molecule has 0 fully saturated rings. The molecule has 1 aromatic heterocycles. The highest BCUT2D eigenvalue weighted by Gasteiger charge is 2.02. The lowest BCUT2D eigenvalue weighted by Crippen LogP contribution is -1.90. The van der Waals surface area contributed by atoms with Crippen LogP contribution < -0.4 is 0 Å². The number of rotatable bonds is 1. The normalized spacial score (nSPS) is 10.3. The van der Waals surface area contributed by atoms with Crippen LogP contribution in [0.2, 0.25) is 0 Å². The number of aromatic nitrogens is 3. The molecule has 0 aliphatic rings. The molecule has 0 aliphatic carbocycles. The fraction of sp³-hybridized carbons (Fsp3) is 0.200. The number of nitrogens with zero attached hydrogens (tertiary/aromatic N) is 3. The Morgan fingerprint density at radius 1 is 1.31 bits per heavy atom. The summed E-state index contributed by atoms with van der Waals surface area (Å²) in [5.74, 6) is 0.906. The van der Waals surface area contributed by atoms with E-state index in [1.54, 1.807) is 6.33 Å². The van der Waals surface area contributed by atoms with E-state index >= 15 is 0 Å². The molecule has 3 nitrogen and oxygen atoms in total. The molecule has 0 radical (unpaired) electrons. The summed E-state index contributed by atoms with van der Waals surface area (Å²) in [5, 5.41) is 7.88. The lowest BCUT2D eigenvalue weighted by Gasteiger charge is -2.00. The van der Waals surface area contributed by atoms with E-state index in [-0.39, 0.29) is 0 Å². The van der Waals surface area contributed by atoms with Crippen molar-refractivity contribution in [3.05, 3.63) is 36.2 Å². The van der Waals surface area contributed by atoms with Crippen molar-refractivity contribution in [1.29, 1.82) is 0 Å². The van der Waals surface area contributed by atoms with Crippen molar-refractivity contribution < 1.29 is 0 Å². The van der Waals surface area contributed by atoms with Gasteiger partial charge in [-0.15, -0.1) is 10.2 Å². The molecule has 66 valence electrons. The van der Waals surface area contributed by atoms with Crippen molar-refractivity contribution in [2.24, 2.45) is 7.05 Å². The average molecular weight is 173 g/mol. The molecule has 0 N–H and O–H groups in total. The summed E-state index contributed by atoms with van der Waals surface area (Å²) in [4.78, 5) is 0. The molecule has 0 unspecified atom stereocenters. The van der Waals surface area contributed by atoms with Gasteiger partial charge in [0.2, 0.25) is 0 Å². The third kappa shape index (κ3) is 1.45. The molecule has 13 heavy (non-hydrogen) atoms.